The Hall–Kier alpha value is -2.54. The van der Waals surface area contributed by atoms with Crippen LogP contribution in [-0.4, -0.2) is 27.5 Å². The lowest BCUT2D eigenvalue weighted by atomic mass is 10.1. The van der Waals surface area contributed by atoms with Crippen molar-refractivity contribution >= 4 is 21.6 Å². The SMILES string of the molecule is CNC(=O)[C@@H](C)Oc1ccc(S(=O)(=O)Nc2cc(C)ccc2C)cc1. The number of likely N-dealkylation sites (N-methyl/N-ethyl adjacent to an activating group) is 1. The number of hydrogen-bond acceptors (Lipinski definition) is 4. The number of anilines is 1. The third-order valence-electron chi connectivity index (χ3n) is 3.70. The Kier molecular flexibility index (Phi) is 5.69. The summed E-state index contributed by atoms with van der Waals surface area (Å²) in [5.74, 6) is 0.162. The fraction of sp³-hybridized carbons (Fsp3) is 0.278. The maximum absolute atomic E-state index is 12.5. The van der Waals surface area contributed by atoms with Crippen LogP contribution in [0.5, 0.6) is 5.75 Å². The van der Waals surface area contributed by atoms with Gasteiger partial charge in [0.2, 0.25) is 0 Å². The van der Waals surface area contributed by atoms with E-state index >= 15 is 0 Å². The molecule has 0 fully saturated rings. The van der Waals surface area contributed by atoms with Gasteiger partial charge in [0.15, 0.2) is 6.10 Å². The first kappa shape index (κ1) is 18.8. The van der Waals surface area contributed by atoms with Crippen LogP contribution in [0.4, 0.5) is 5.69 Å². The zero-order chi connectivity index (χ0) is 18.6. The molecule has 0 aliphatic heterocycles. The summed E-state index contributed by atoms with van der Waals surface area (Å²) >= 11 is 0. The average Bonchev–Trinajstić information content (AvgIpc) is 2.57. The van der Waals surface area contributed by atoms with Crippen molar-refractivity contribution in [2.75, 3.05) is 11.8 Å². The minimum absolute atomic E-state index is 0.119. The van der Waals surface area contributed by atoms with E-state index in [2.05, 4.69) is 10.0 Å². The van der Waals surface area contributed by atoms with E-state index in [0.29, 0.717) is 11.4 Å². The summed E-state index contributed by atoms with van der Waals surface area (Å²) in [6.07, 6.45) is -0.666. The van der Waals surface area contributed by atoms with Gasteiger partial charge in [0.1, 0.15) is 5.75 Å². The van der Waals surface area contributed by atoms with E-state index in [1.165, 1.54) is 31.3 Å². The van der Waals surface area contributed by atoms with Gasteiger partial charge in [-0.25, -0.2) is 8.42 Å². The molecular formula is C18H22N2O4S. The number of sulfonamides is 1. The Balaban J connectivity index is 2.17. The zero-order valence-electron chi connectivity index (χ0n) is 14.7. The van der Waals surface area contributed by atoms with E-state index in [4.69, 9.17) is 4.74 Å². The number of ether oxygens (including phenoxy) is 1. The average molecular weight is 362 g/mol. The molecule has 0 heterocycles. The predicted molar refractivity (Wildman–Crippen MR) is 97.3 cm³/mol. The summed E-state index contributed by atoms with van der Waals surface area (Å²) in [4.78, 5) is 11.6. The monoisotopic (exact) mass is 362 g/mol. The van der Waals surface area contributed by atoms with Crippen LogP contribution < -0.4 is 14.8 Å². The van der Waals surface area contributed by atoms with Crippen molar-refractivity contribution in [2.24, 2.45) is 0 Å². The third-order valence-corrected chi connectivity index (χ3v) is 5.08. The van der Waals surface area contributed by atoms with Crippen LogP contribution in [0.15, 0.2) is 47.4 Å². The van der Waals surface area contributed by atoms with Gasteiger partial charge in [0.25, 0.3) is 15.9 Å². The second-order valence-electron chi connectivity index (χ2n) is 5.77. The van der Waals surface area contributed by atoms with Crippen molar-refractivity contribution in [1.29, 1.82) is 0 Å². The van der Waals surface area contributed by atoms with E-state index in [9.17, 15) is 13.2 Å². The first-order valence-electron chi connectivity index (χ1n) is 7.81. The normalized spacial score (nSPS) is 12.3. The Morgan fingerprint density at radius 1 is 1.08 bits per heavy atom. The Bertz CT molecular complexity index is 861. The highest BCUT2D eigenvalue weighted by atomic mass is 32.2. The van der Waals surface area contributed by atoms with Gasteiger partial charge in [-0.1, -0.05) is 12.1 Å². The van der Waals surface area contributed by atoms with Gasteiger partial charge in [-0.3, -0.25) is 9.52 Å². The maximum atomic E-state index is 12.5. The summed E-state index contributed by atoms with van der Waals surface area (Å²) in [6.45, 7) is 5.36. The number of carbonyl (C=O) groups excluding carboxylic acids is 1. The molecule has 0 aliphatic rings. The highest BCUT2D eigenvalue weighted by Gasteiger charge is 2.17. The molecule has 6 nitrogen and oxygen atoms in total. The summed E-state index contributed by atoms with van der Waals surface area (Å²) in [6, 6.07) is 11.5. The molecule has 1 amide bonds. The number of carbonyl (C=O) groups is 1. The third kappa shape index (κ3) is 4.73. The van der Waals surface area contributed by atoms with Crippen molar-refractivity contribution in [1.82, 2.24) is 5.32 Å². The molecule has 7 heteroatoms. The first-order valence-corrected chi connectivity index (χ1v) is 9.29. The number of aryl methyl sites for hydroxylation is 2. The lowest BCUT2D eigenvalue weighted by Crippen LogP contribution is -2.33. The van der Waals surface area contributed by atoms with E-state index in [-0.39, 0.29) is 10.8 Å². The molecule has 0 unspecified atom stereocenters. The number of amides is 1. The summed E-state index contributed by atoms with van der Waals surface area (Å²) in [7, 11) is -2.18. The minimum atomic E-state index is -3.70. The number of hydrogen-bond donors (Lipinski definition) is 2. The molecule has 0 aliphatic carbocycles. The van der Waals surface area contributed by atoms with Crippen LogP contribution in [0, 0.1) is 13.8 Å². The molecule has 134 valence electrons. The molecule has 0 radical (unpaired) electrons. The van der Waals surface area contributed by atoms with E-state index in [1.807, 2.05) is 26.0 Å². The molecule has 2 N–H and O–H groups in total. The van der Waals surface area contributed by atoms with Gasteiger partial charge in [-0.15, -0.1) is 0 Å². The van der Waals surface area contributed by atoms with Gasteiger partial charge in [0.05, 0.1) is 10.6 Å². The summed E-state index contributed by atoms with van der Waals surface area (Å²) in [5.41, 5.74) is 2.36. The van der Waals surface area contributed by atoms with Gasteiger partial charge in [-0.2, -0.15) is 0 Å². The van der Waals surface area contributed by atoms with Gasteiger partial charge >= 0.3 is 0 Å². The molecular weight excluding hydrogens is 340 g/mol. The Morgan fingerprint density at radius 3 is 2.32 bits per heavy atom. The number of nitrogens with one attached hydrogen (secondary N) is 2. The maximum Gasteiger partial charge on any atom is 0.261 e. The van der Waals surface area contributed by atoms with Crippen LogP contribution in [0.25, 0.3) is 0 Å². The van der Waals surface area contributed by atoms with Gasteiger partial charge in [0, 0.05) is 7.05 Å². The lowest BCUT2D eigenvalue weighted by molar-refractivity contribution is -0.126. The van der Waals surface area contributed by atoms with Crippen LogP contribution in [0.1, 0.15) is 18.1 Å². The van der Waals surface area contributed by atoms with Crippen molar-refractivity contribution in [3.05, 3.63) is 53.6 Å². The molecule has 2 aromatic carbocycles. The van der Waals surface area contributed by atoms with Crippen LogP contribution in [-0.2, 0) is 14.8 Å². The van der Waals surface area contributed by atoms with Crippen molar-refractivity contribution in [3.8, 4) is 5.75 Å². The fourth-order valence-corrected chi connectivity index (χ4v) is 3.33. The highest BCUT2D eigenvalue weighted by molar-refractivity contribution is 7.92. The molecule has 0 bridgehead atoms. The van der Waals surface area contributed by atoms with Crippen molar-refractivity contribution in [2.45, 2.75) is 31.8 Å². The molecule has 0 aromatic heterocycles. The topological polar surface area (TPSA) is 84.5 Å². The van der Waals surface area contributed by atoms with Gasteiger partial charge in [-0.05, 0) is 62.2 Å². The smallest absolute Gasteiger partial charge is 0.261 e. The standard InChI is InChI=1S/C18H22N2O4S/c1-12-5-6-13(2)17(11-12)20-25(22,23)16-9-7-15(8-10-16)24-14(3)18(21)19-4/h5-11,14,20H,1-4H3,(H,19,21)/t14-/m1/s1. The zero-order valence-corrected chi connectivity index (χ0v) is 15.5. The lowest BCUT2D eigenvalue weighted by Gasteiger charge is -2.14. The molecule has 0 saturated carbocycles. The minimum Gasteiger partial charge on any atom is -0.481 e. The van der Waals surface area contributed by atoms with Crippen LogP contribution in [0.3, 0.4) is 0 Å². The highest BCUT2D eigenvalue weighted by Crippen LogP contribution is 2.23. The van der Waals surface area contributed by atoms with Crippen LogP contribution >= 0.6 is 0 Å². The molecule has 2 aromatic rings. The predicted octanol–water partition coefficient (Wildman–Crippen LogP) is 2.62. The quantitative estimate of drug-likeness (QED) is 0.827. The van der Waals surface area contributed by atoms with Crippen molar-refractivity contribution < 1.29 is 17.9 Å². The van der Waals surface area contributed by atoms with Crippen molar-refractivity contribution in [3.63, 3.8) is 0 Å². The van der Waals surface area contributed by atoms with E-state index in [0.717, 1.165) is 11.1 Å². The second kappa shape index (κ2) is 7.57. The number of rotatable bonds is 6. The Labute approximate surface area is 148 Å². The molecule has 0 spiro atoms. The first-order chi connectivity index (χ1) is 11.7. The molecule has 25 heavy (non-hydrogen) atoms. The summed E-state index contributed by atoms with van der Waals surface area (Å²) in [5, 5.41) is 2.49. The summed E-state index contributed by atoms with van der Waals surface area (Å²) < 4.78 is 33.1. The largest absolute Gasteiger partial charge is 0.481 e. The second-order valence-corrected chi connectivity index (χ2v) is 7.45. The van der Waals surface area contributed by atoms with E-state index < -0.39 is 16.1 Å². The van der Waals surface area contributed by atoms with Crippen LogP contribution in [0.2, 0.25) is 0 Å². The molecule has 0 saturated heterocycles. The van der Waals surface area contributed by atoms with Gasteiger partial charge < -0.3 is 10.1 Å². The molecule has 1 atom stereocenters. The fourth-order valence-electron chi connectivity index (χ4n) is 2.21. The molecule has 2 rings (SSSR count). The number of benzene rings is 2. The Morgan fingerprint density at radius 2 is 1.72 bits per heavy atom. The van der Waals surface area contributed by atoms with E-state index in [1.54, 1.807) is 13.0 Å².